The Bertz CT molecular complexity index is 946. The highest BCUT2D eigenvalue weighted by molar-refractivity contribution is 6.33. The van der Waals surface area contributed by atoms with Gasteiger partial charge in [-0.1, -0.05) is 29.8 Å². The molecule has 1 heterocycles. The van der Waals surface area contributed by atoms with E-state index < -0.39 is 5.82 Å². The Labute approximate surface area is 154 Å². The van der Waals surface area contributed by atoms with Gasteiger partial charge in [0.25, 0.3) is 0 Å². The Balaban J connectivity index is 1.66. The van der Waals surface area contributed by atoms with Gasteiger partial charge in [0.2, 0.25) is 5.91 Å². The van der Waals surface area contributed by atoms with E-state index in [1.54, 1.807) is 48.7 Å². The molecular formula is C20H14ClFN2O2. The van der Waals surface area contributed by atoms with E-state index in [2.05, 4.69) is 10.3 Å². The fourth-order valence-corrected chi connectivity index (χ4v) is 2.33. The van der Waals surface area contributed by atoms with Crippen LogP contribution in [0.1, 0.15) is 5.56 Å². The third-order valence-electron chi connectivity index (χ3n) is 3.38. The molecular weight excluding hydrogens is 355 g/mol. The highest BCUT2D eigenvalue weighted by Crippen LogP contribution is 2.25. The number of ether oxygens (including phenoxy) is 1. The van der Waals surface area contributed by atoms with Crippen molar-refractivity contribution in [2.45, 2.75) is 0 Å². The number of rotatable bonds is 5. The SMILES string of the molecule is O=C(/C=C/c1ccc(Oc2cccnc2)c(F)c1)Nc1ccccc1Cl. The fraction of sp³-hybridized carbons (Fsp3) is 0. The van der Waals surface area contributed by atoms with Crippen LogP contribution in [-0.2, 0) is 4.79 Å². The summed E-state index contributed by atoms with van der Waals surface area (Å²) in [6, 6.07) is 14.7. The second-order valence-corrected chi connectivity index (χ2v) is 5.69. The minimum atomic E-state index is -0.539. The first-order chi connectivity index (χ1) is 12.6. The van der Waals surface area contributed by atoms with Crippen molar-refractivity contribution in [3.05, 3.63) is 89.5 Å². The van der Waals surface area contributed by atoms with Gasteiger partial charge in [-0.05, 0) is 48.0 Å². The molecule has 3 aromatic rings. The van der Waals surface area contributed by atoms with E-state index in [-0.39, 0.29) is 11.7 Å². The van der Waals surface area contributed by atoms with E-state index >= 15 is 0 Å². The molecule has 0 aliphatic heterocycles. The summed E-state index contributed by atoms with van der Waals surface area (Å²) in [5, 5.41) is 3.10. The van der Waals surface area contributed by atoms with Gasteiger partial charge in [0.1, 0.15) is 5.75 Å². The monoisotopic (exact) mass is 368 g/mol. The lowest BCUT2D eigenvalue weighted by molar-refractivity contribution is -0.111. The minimum Gasteiger partial charge on any atom is -0.453 e. The zero-order valence-electron chi connectivity index (χ0n) is 13.5. The maximum absolute atomic E-state index is 14.2. The second-order valence-electron chi connectivity index (χ2n) is 5.28. The first-order valence-electron chi connectivity index (χ1n) is 7.73. The molecule has 1 N–H and O–H groups in total. The van der Waals surface area contributed by atoms with E-state index in [0.717, 1.165) is 0 Å². The van der Waals surface area contributed by atoms with Gasteiger partial charge in [0.15, 0.2) is 11.6 Å². The number of nitrogens with zero attached hydrogens (tertiary/aromatic N) is 1. The number of aromatic nitrogens is 1. The van der Waals surface area contributed by atoms with Crippen LogP contribution in [-0.4, -0.2) is 10.9 Å². The molecule has 26 heavy (non-hydrogen) atoms. The second kappa shape index (κ2) is 8.27. The fourth-order valence-electron chi connectivity index (χ4n) is 2.15. The molecule has 1 aromatic heterocycles. The van der Waals surface area contributed by atoms with Crippen LogP contribution in [0.5, 0.6) is 11.5 Å². The number of para-hydroxylation sites is 1. The third kappa shape index (κ3) is 4.68. The standard InChI is InChI=1S/C20H14ClFN2O2/c21-16-5-1-2-6-18(16)24-20(25)10-8-14-7-9-19(17(22)12-14)26-15-4-3-11-23-13-15/h1-13H,(H,24,25)/b10-8+. The van der Waals surface area contributed by atoms with Crippen molar-refractivity contribution in [2.75, 3.05) is 5.32 Å². The molecule has 0 saturated carbocycles. The Kier molecular flexibility index (Phi) is 5.61. The smallest absolute Gasteiger partial charge is 0.248 e. The van der Waals surface area contributed by atoms with Crippen LogP contribution in [0.2, 0.25) is 5.02 Å². The zero-order chi connectivity index (χ0) is 18.4. The molecule has 0 saturated heterocycles. The molecule has 2 aromatic carbocycles. The molecule has 6 heteroatoms. The first-order valence-corrected chi connectivity index (χ1v) is 8.10. The maximum atomic E-state index is 14.2. The van der Waals surface area contributed by atoms with Crippen LogP contribution in [0.4, 0.5) is 10.1 Å². The van der Waals surface area contributed by atoms with Crippen molar-refractivity contribution in [1.29, 1.82) is 0 Å². The van der Waals surface area contributed by atoms with Gasteiger partial charge in [-0.25, -0.2) is 4.39 Å². The molecule has 0 atom stereocenters. The van der Waals surface area contributed by atoms with Crippen LogP contribution in [0, 0.1) is 5.82 Å². The number of carbonyl (C=O) groups is 1. The number of carbonyl (C=O) groups excluding carboxylic acids is 1. The number of benzene rings is 2. The van der Waals surface area contributed by atoms with E-state index in [1.807, 2.05) is 0 Å². The van der Waals surface area contributed by atoms with Gasteiger partial charge in [-0.2, -0.15) is 0 Å². The van der Waals surface area contributed by atoms with Gasteiger partial charge in [-0.3, -0.25) is 9.78 Å². The normalized spacial score (nSPS) is 10.7. The lowest BCUT2D eigenvalue weighted by Crippen LogP contribution is -2.07. The largest absolute Gasteiger partial charge is 0.453 e. The molecule has 3 rings (SSSR count). The van der Waals surface area contributed by atoms with E-state index in [9.17, 15) is 9.18 Å². The molecule has 0 unspecified atom stereocenters. The highest BCUT2D eigenvalue weighted by atomic mass is 35.5. The predicted octanol–water partition coefficient (Wildman–Crippen LogP) is 5.32. The van der Waals surface area contributed by atoms with Crippen molar-refractivity contribution < 1.29 is 13.9 Å². The zero-order valence-corrected chi connectivity index (χ0v) is 14.3. The molecule has 0 aliphatic carbocycles. The van der Waals surface area contributed by atoms with Gasteiger partial charge < -0.3 is 10.1 Å². The molecule has 4 nitrogen and oxygen atoms in total. The van der Waals surface area contributed by atoms with Crippen LogP contribution >= 0.6 is 11.6 Å². The average Bonchev–Trinajstić information content (AvgIpc) is 2.65. The van der Waals surface area contributed by atoms with Crippen LogP contribution in [0.25, 0.3) is 6.08 Å². The molecule has 0 spiro atoms. The number of pyridine rings is 1. The summed E-state index contributed by atoms with van der Waals surface area (Å²) in [6.07, 6.45) is 5.90. The summed E-state index contributed by atoms with van der Waals surface area (Å²) in [5.74, 6) is -0.388. The van der Waals surface area contributed by atoms with Crippen LogP contribution in [0.3, 0.4) is 0 Å². The summed E-state index contributed by atoms with van der Waals surface area (Å²) in [7, 11) is 0. The topological polar surface area (TPSA) is 51.2 Å². The Morgan fingerprint density at radius 1 is 1.15 bits per heavy atom. The van der Waals surface area contributed by atoms with Gasteiger partial charge in [0, 0.05) is 12.3 Å². The van der Waals surface area contributed by atoms with Gasteiger partial charge in [0.05, 0.1) is 16.9 Å². The molecule has 130 valence electrons. The van der Waals surface area contributed by atoms with E-state index in [4.69, 9.17) is 16.3 Å². The minimum absolute atomic E-state index is 0.0793. The average molecular weight is 369 g/mol. The summed E-state index contributed by atoms with van der Waals surface area (Å²) in [6.45, 7) is 0. The van der Waals surface area contributed by atoms with E-state index in [0.29, 0.717) is 22.0 Å². The summed E-state index contributed by atoms with van der Waals surface area (Å²) >= 11 is 5.98. The number of anilines is 1. The number of halogens is 2. The Morgan fingerprint density at radius 3 is 2.73 bits per heavy atom. The lowest BCUT2D eigenvalue weighted by atomic mass is 10.2. The summed E-state index contributed by atoms with van der Waals surface area (Å²) in [4.78, 5) is 15.9. The van der Waals surface area contributed by atoms with Crippen molar-refractivity contribution in [3.8, 4) is 11.5 Å². The summed E-state index contributed by atoms with van der Waals surface area (Å²) in [5.41, 5.74) is 1.03. The molecule has 1 amide bonds. The Hall–Kier alpha value is -3.18. The quantitative estimate of drug-likeness (QED) is 0.620. The summed E-state index contributed by atoms with van der Waals surface area (Å²) < 4.78 is 19.6. The lowest BCUT2D eigenvalue weighted by Gasteiger charge is -2.07. The number of amides is 1. The molecule has 0 aliphatic rings. The van der Waals surface area contributed by atoms with Crippen molar-refractivity contribution in [2.24, 2.45) is 0 Å². The van der Waals surface area contributed by atoms with Crippen molar-refractivity contribution >= 4 is 29.3 Å². The van der Waals surface area contributed by atoms with Crippen molar-refractivity contribution in [1.82, 2.24) is 4.98 Å². The molecule has 0 radical (unpaired) electrons. The van der Waals surface area contributed by atoms with E-state index in [1.165, 1.54) is 30.5 Å². The predicted molar refractivity (Wildman–Crippen MR) is 99.8 cm³/mol. The number of hydrogen-bond acceptors (Lipinski definition) is 3. The number of nitrogens with one attached hydrogen (secondary N) is 1. The van der Waals surface area contributed by atoms with Crippen molar-refractivity contribution in [3.63, 3.8) is 0 Å². The van der Waals surface area contributed by atoms with Gasteiger partial charge in [-0.15, -0.1) is 0 Å². The van der Waals surface area contributed by atoms with Crippen LogP contribution in [0.15, 0.2) is 73.1 Å². The Morgan fingerprint density at radius 2 is 2.00 bits per heavy atom. The van der Waals surface area contributed by atoms with Gasteiger partial charge >= 0.3 is 0 Å². The maximum Gasteiger partial charge on any atom is 0.248 e. The number of hydrogen-bond donors (Lipinski definition) is 1. The van der Waals surface area contributed by atoms with Crippen LogP contribution < -0.4 is 10.1 Å². The highest BCUT2D eigenvalue weighted by Gasteiger charge is 2.06. The third-order valence-corrected chi connectivity index (χ3v) is 3.71. The molecule has 0 fully saturated rings. The molecule has 0 bridgehead atoms. The first kappa shape index (κ1) is 17.6.